The third-order valence-corrected chi connectivity index (χ3v) is 4.15. The summed E-state index contributed by atoms with van der Waals surface area (Å²) in [4.78, 5) is 46.0. The summed E-state index contributed by atoms with van der Waals surface area (Å²) in [7, 11) is 0. The van der Waals surface area contributed by atoms with Crippen molar-refractivity contribution in [3.05, 3.63) is 36.0 Å². The van der Waals surface area contributed by atoms with Crippen molar-refractivity contribution in [2.24, 2.45) is 0 Å². The summed E-state index contributed by atoms with van der Waals surface area (Å²) < 4.78 is 15.2. The normalized spacial score (nSPS) is 22.0. The Bertz CT molecular complexity index is 718. The van der Waals surface area contributed by atoms with Gasteiger partial charge in [-0.05, 0) is 24.6 Å². The fraction of sp³-hybridized carbons (Fsp3) is 0.524. The first-order valence-electron chi connectivity index (χ1n) is 9.41. The topological polar surface area (TPSA) is 116 Å². The van der Waals surface area contributed by atoms with Gasteiger partial charge in [0.05, 0.1) is 0 Å². The monoisotopic (exact) mass is 408 g/mol. The van der Waals surface area contributed by atoms with E-state index in [0.717, 1.165) is 12.8 Å². The fourth-order valence-corrected chi connectivity index (χ4v) is 2.80. The largest absolute Gasteiger partial charge is 0.462 e. The smallest absolute Gasteiger partial charge is 0.303 e. The Morgan fingerprint density at radius 3 is 2.34 bits per heavy atom. The van der Waals surface area contributed by atoms with Gasteiger partial charge in [-0.2, -0.15) is 0 Å². The number of aliphatic hydroxyl groups is 1. The second-order valence-electron chi connectivity index (χ2n) is 6.72. The van der Waals surface area contributed by atoms with Gasteiger partial charge in [-0.3, -0.25) is 19.2 Å². The molecule has 0 aliphatic heterocycles. The molecule has 1 aliphatic carbocycles. The standard InChI is InChI=1S/C21H28O8/c1-5-6-11-21(26)12-10-18(25)17(21)8-7-9-19(28-15(3)23)20(29-16(4)24)13-27-14(2)22/h7-10,12,19-20,26H,5-6,11,13H2,1-4H3. The summed E-state index contributed by atoms with van der Waals surface area (Å²) in [6.45, 7) is 5.23. The van der Waals surface area contributed by atoms with E-state index in [1.807, 2.05) is 6.92 Å². The molecule has 3 atom stereocenters. The first kappa shape index (κ1) is 24.3. The molecule has 0 heterocycles. The van der Waals surface area contributed by atoms with Gasteiger partial charge in [0, 0.05) is 26.3 Å². The van der Waals surface area contributed by atoms with E-state index in [1.54, 1.807) is 0 Å². The van der Waals surface area contributed by atoms with Gasteiger partial charge >= 0.3 is 17.9 Å². The molecule has 8 nitrogen and oxygen atoms in total. The maximum atomic E-state index is 12.1. The molecule has 3 unspecified atom stereocenters. The zero-order valence-electron chi connectivity index (χ0n) is 17.2. The number of carbonyl (C=O) groups is 4. The number of carbonyl (C=O) groups excluding carboxylic acids is 4. The van der Waals surface area contributed by atoms with Crippen molar-refractivity contribution in [2.45, 2.75) is 64.8 Å². The molecule has 160 valence electrons. The molecule has 0 aromatic heterocycles. The van der Waals surface area contributed by atoms with Crippen molar-refractivity contribution in [1.82, 2.24) is 0 Å². The minimum absolute atomic E-state index is 0.202. The van der Waals surface area contributed by atoms with Gasteiger partial charge < -0.3 is 19.3 Å². The van der Waals surface area contributed by atoms with Crippen LogP contribution in [0.2, 0.25) is 0 Å². The van der Waals surface area contributed by atoms with E-state index in [2.05, 4.69) is 0 Å². The molecule has 0 bridgehead atoms. The number of hydrogen-bond donors (Lipinski definition) is 1. The van der Waals surface area contributed by atoms with E-state index in [0.29, 0.717) is 6.42 Å². The van der Waals surface area contributed by atoms with Crippen molar-refractivity contribution >= 4 is 23.7 Å². The molecule has 0 radical (unpaired) electrons. The summed E-state index contributed by atoms with van der Waals surface area (Å²) in [5.74, 6) is -2.17. The lowest BCUT2D eigenvalue weighted by atomic mass is 9.90. The van der Waals surface area contributed by atoms with Crippen LogP contribution in [-0.2, 0) is 33.4 Å². The van der Waals surface area contributed by atoms with Crippen molar-refractivity contribution in [1.29, 1.82) is 0 Å². The van der Waals surface area contributed by atoms with Crippen LogP contribution in [0.4, 0.5) is 0 Å². The van der Waals surface area contributed by atoms with Gasteiger partial charge in [-0.25, -0.2) is 0 Å². The van der Waals surface area contributed by atoms with E-state index < -0.39 is 35.7 Å². The Morgan fingerprint density at radius 1 is 1.14 bits per heavy atom. The Labute approximate surface area is 170 Å². The molecule has 0 saturated carbocycles. The molecule has 1 aliphatic rings. The number of allylic oxidation sites excluding steroid dienone is 3. The lowest BCUT2D eigenvalue weighted by Crippen LogP contribution is -2.37. The van der Waals surface area contributed by atoms with Gasteiger partial charge in [-0.15, -0.1) is 0 Å². The maximum Gasteiger partial charge on any atom is 0.303 e. The molecule has 29 heavy (non-hydrogen) atoms. The van der Waals surface area contributed by atoms with Crippen LogP contribution in [-0.4, -0.2) is 53.2 Å². The highest BCUT2D eigenvalue weighted by Crippen LogP contribution is 2.31. The van der Waals surface area contributed by atoms with E-state index in [4.69, 9.17) is 14.2 Å². The maximum absolute atomic E-state index is 12.1. The second kappa shape index (κ2) is 11.3. The number of esters is 3. The van der Waals surface area contributed by atoms with Crippen LogP contribution in [0, 0.1) is 0 Å². The number of ether oxygens (including phenoxy) is 3. The molecule has 0 aromatic carbocycles. The Hall–Kier alpha value is -2.74. The van der Waals surface area contributed by atoms with Crippen LogP contribution in [0.5, 0.6) is 0 Å². The van der Waals surface area contributed by atoms with Crippen molar-refractivity contribution in [3.8, 4) is 0 Å². The Morgan fingerprint density at radius 2 is 1.79 bits per heavy atom. The van der Waals surface area contributed by atoms with Gasteiger partial charge in [0.25, 0.3) is 0 Å². The first-order valence-corrected chi connectivity index (χ1v) is 9.41. The average molecular weight is 408 g/mol. The van der Waals surface area contributed by atoms with Gasteiger partial charge in [-0.1, -0.05) is 31.9 Å². The molecule has 0 saturated heterocycles. The minimum atomic E-state index is -1.35. The summed E-state index contributed by atoms with van der Waals surface area (Å²) in [6, 6.07) is 0. The van der Waals surface area contributed by atoms with Crippen molar-refractivity contribution in [2.75, 3.05) is 6.61 Å². The molecular formula is C21H28O8. The van der Waals surface area contributed by atoms with Crippen molar-refractivity contribution < 1.29 is 38.5 Å². The summed E-state index contributed by atoms with van der Waals surface area (Å²) in [5, 5.41) is 10.7. The highest BCUT2D eigenvalue weighted by Gasteiger charge is 2.36. The van der Waals surface area contributed by atoms with Gasteiger partial charge in [0.2, 0.25) is 0 Å². The highest BCUT2D eigenvalue weighted by atomic mass is 16.6. The van der Waals surface area contributed by atoms with Gasteiger partial charge in [0.15, 0.2) is 18.0 Å². The van der Waals surface area contributed by atoms with E-state index >= 15 is 0 Å². The zero-order chi connectivity index (χ0) is 22.0. The third kappa shape index (κ3) is 8.03. The lowest BCUT2D eigenvalue weighted by Gasteiger charge is -2.24. The zero-order valence-corrected chi connectivity index (χ0v) is 17.2. The average Bonchev–Trinajstić information content (AvgIpc) is 2.90. The van der Waals surface area contributed by atoms with E-state index in [9.17, 15) is 24.3 Å². The van der Waals surface area contributed by atoms with Crippen LogP contribution >= 0.6 is 0 Å². The summed E-state index contributed by atoms with van der Waals surface area (Å²) >= 11 is 0. The summed E-state index contributed by atoms with van der Waals surface area (Å²) in [6.07, 6.45) is 6.95. The van der Waals surface area contributed by atoms with E-state index in [-0.39, 0.29) is 18.0 Å². The quantitative estimate of drug-likeness (QED) is 0.331. The molecule has 0 aromatic rings. The predicted molar refractivity (Wildman–Crippen MR) is 104 cm³/mol. The molecular weight excluding hydrogens is 380 g/mol. The van der Waals surface area contributed by atoms with E-state index in [1.165, 1.54) is 51.2 Å². The van der Waals surface area contributed by atoms with Crippen molar-refractivity contribution in [3.63, 3.8) is 0 Å². The number of rotatable bonds is 10. The lowest BCUT2D eigenvalue weighted by molar-refractivity contribution is -0.169. The molecule has 1 N–H and O–H groups in total. The first-order chi connectivity index (χ1) is 13.6. The molecule has 8 heteroatoms. The Balaban J connectivity index is 3.07. The molecule has 0 fully saturated rings. The molecule has 0 amide bonds. The minimum Gasteiger partial charge on any atom is -0.462 e. The predicted octanol–water partition coefficient (Wildman–Crippen LogP) is 1.96. The number of unbranched alkanes of at least 4 members (excludes halogenated alkanes) is 1. The second-order valence-corrected chi connectivity index (χ2v) is 6.72. The number of hydrogen-bond acceptors (Lipinski definition) is 8. The molecule has 1 rings (SSSR count). The SMILES string of the molecule is CCCCC1(O)C=CC(=O)C1=CC=CC(OC(C)=O)C(COC(C)=O)OC(C)=O. The molecule has 0 spiro atoms. The van der Waals surface area contributed by atoms with Crippen LogP contribution in [0.3, 0.4) is 0 Å². The number of ketones is 1. The van der Waals surface area contributed by atoms with Gasteiger partial charge in [0.1, 0.15) is 12.2 Å². The Kier molecular flexibility index (Phi) is 9.47. The summed E-state index contributed by atoms with van der Waals surface area (Å²) in [5.41, 5.74) is -1.14. The highest BCUT2D eigenvalue weighted by molar-refractivity contribution is 6.09. The fourth-order valence-electron chi connectivity index (χ4n) is 2.80. The van der Waals surface area contributed by atoms with Crippen LogP contribution < -0.4 is 0 Å². The van der Waals surface area contributed by atoms with Crippen LogP contribution in [0.1, 0.15) is 47.0 Å². The van der Waals surface area contributed by atoms with Crippen LogP contribution in [0.15, 0.2) is 36.0 Å². The van der Waals surface area contributed by atoms with Crippen LogP contribution in [0.25, 0.3) is 0 Å². The third-order valence-electron chi connectivity index (χ3n) is 4.15.